The van der Waals surface area contributed by atoms with Gasteiger partial charge in [-0.2, -0.15) is 0 Å². The maximum atomic E-state index is 12.5. The lowest BCUT2D eigenvalue weighted by Crippen LogP contribution is -2.37. The number of benzene rings is 2. The number of ether oxygens (including phenoxy) is 1. The molecule has 29 heavy (non-hydrogen) atoms. The molecule has 0 aromatic heterocycles. The molecule has 0 aliphatic heterocycles. The van der Waals surface area contributed by atoms with E-state index in [0.29, 0.717) is 10.7 Å². The Kier molecular flexibility index (Phi) is 6.93. The molecule has 0 unspecified atom stereocenters. The number of sulfonamides is 1. The quantitative estimate of drug-likeness (QED) is 0.653. The Bertz CT molecular complexity index is 974. The number of hydrogen-bond donors (Lipinski definition) is 1. The van der Waals surface area contributed by atoms with Crippen LogP contribution in [0.15, 0.2) is 42.5 Å². The molecule has 2 aromatic carbocycles. The third-order valence-corrected chi connectivity index (χ3v) is 6.29. The minimum Gasteiger partial charge on any atom is -0.490 e. The Labute approximate surface area is 180 Å². The predicted molar refractivity (Wildman–Crippen MR) is 117 cm³/mol. The minimum absolute atomic E-state index is 0.150. The van der Waals surface area contributed by atoms with Gasteiger partial charge in [0.05, 0.1) is 23.1 Å². The second-order valence-electron chi connectivity index (χ2n) is 6.96. The van der Waals surface area contributed by atoms with Crippen LogP contribution in [0.25, 0.3) is 0 Å². The fraction of sp³-hybridized carbons (Fsp3) is 0.350. The van der Waals surface area contributed by atoms with Gasteiger partial charge in [0.15, 0.2) is 0 Å². The summed E-state index contributed by atoms with van der Waals surface area (Å²) >= 11 is 12.1. The average Bonchev–Trinajstić information content (AvgIpc) is 3.16. The van der Waals surface area contributed by atoms with Crippen molar-refractivity contribution < 1.29 is 17.9 Å². The summed E-state index contributed by atoms with van der Waals surface area (Å²) in [6.07, 6.45) is 5.75. The van der Waals surface area contributed by atoms with Crippen molar-refractivity contribution in [3.63, 3.8) is 0 Å². The van der Waals surface area contributed by atoms with Crippen LogP contribution in [-0.4, -0.2) is 33.2 Å². The van der Waals surface area contributed by atoms with E-state index in [1.165, 1.54) is 25.0 Å². The lowest BCUT2D eigenvalue weighted by Gasteiger charge is -2.23. The van der Waals surface area contributed by atoms with Gasteiger partial charge in [-0.15, -0.1) is 0 Å². The van der Waals surface area contributed by atoms with E-state index in [1.807, 2.05) is 0 Å². The minimum atomic E-state index is -3.76. The summed E-state index contributed by atoms with van der Waals surface area (Å²) < 4.78 is 31.3. The Morgan fingerprint density at radius 1 is 1.14 bits per heavy atom. The summed E-state index contributed by atoms with van der Waals surface area (Å²) in [5, 5.41) is 3.19. The molecule has 1 fully saturated rings. The van der Waals surface area contributed by atoms with Crippen LogP contribution >= 0.6 is 23.2 Å². The van der Waals surface area contributed by atoms with Crippen LogP contribution in [0.4, 0.5) is 11.4 Å². The maximum absolute atomic E-state index is 12.5. The first-order valence-corrected chi connectivity index (χ1v) is 11.8. The molecule has 0 bridgehead atoms. The lowest BCUT2D eigenvalue weighted by atomic mass is 10.2. The third-order valence-electron chi connectivity index (χ3n) is 4.61. The molecule has 0 spiro atoms. The van der Waals surface area contributed by atoms with E-state index in [1.54, 1.807) is 30.3 Å². The number of rotatable bonds is 7. The summed E-state index contributed by atoms with van der Waals surface area (Å²) in [7, 11) is -3.76. The third kappa shape index (κ3) is 6.01. The fourth-order valence-corrected chi connectivity index (χ4v) is 4.50. The molecular weight excluding hydrogens is 435 g/mol. The van der Waals surface area contributed by atoms with Gasteiger partial charge >= 0.3 is 0 Å². The summed E-state index contributed by atoms with van der Waals surface area (Å²) in [5.74, 6) is 0.245. The van der Waals surface area contributed by atoms with E-state index in [9.17, 15) is 13.2 Å². The summed E-state index contributed by atoms with van der Waals surface area (Å²) in [6.45, 7) is -0.431. The van der Waals surface area contributed by atoms with Crippen LogP contribution in [0.2, 0.25) is 10.0 Å². The van der Waals surface area contributed by atoms with Crippen LogP contribution in [0.1, 0.15) is 25.7 Å². The Morgan fingerprint density at radius 2 is 1.79 bits per heavy atom. The first kappa shape index (κ1) is 21.7. The summed E-state index contributed by atoms with van der Waals surface area (Å²) in [6, 6.07) is 11.5. The number of amides is 1. The predicted octanol–water partition coefficient (Wildman–Crippen LogP) is 4.72. The van der Waals surface area contributed by atoms with Gasteiger partial charge in [0, 0.05) is 10.7 Å². The van der Waals surface area contributed by atoms with E-state index >= 15 is 0 Å². The Hall–Kier alpha value is -1.96. The van der Waals surface area contributed by atoms with Crippen molar-refractivity contribution >= 4 is 50.5 Å². The van der Waals surface area contributed by atoms with Gasteiger partial charge in [-0.25, -0.2) is 8.42 Å². The smallest absolute Gasteiger partial charge is 0.245 e. The van der Waals surface area contributed by atoms with Gasteiger partial charge in [0.25, 0.3) is 0 Å². The molecule has 0 saturated heterocycles. The molecule has 0 heterocycles. The zero-order valence-corrected chi connectivity index (χ0v) is 18.2. The summed E-state index contributed by atoms with van der Waals surface area (Å²) in [4.78, 5) is 12.5. The van der Waals surface area contributed by atoms with Crippen LogP contribution < -0.4 is 14.4 Å². The topological polar surface area (TPSA) is 75.7 Å². The van der Waals surface area contributed by atoms with E-state index in [2.05, 4.69) is 5.32 Å². The molecule has 0 radical (unpaired) electrons. The number of carbonyl (C=O) groups is 1. The molecule has 1 N–H and O–H groups in total. The molecule has 3 rings (SSSR count). The van der Waals surface area contributed by atoms with Crippen LogP contribution in [-0.2, 0) is 14.8 Å². The maximum Gasteiger partial charge on any atom is 0.245 e. The molecule has 6 nitrogen and oxygen atoms in total. The first-order chi connectivity index (χ1) is 13.7. The van der Waals surface area contributed by atoms with Gasteiger partial charge in [0.2, 0.25) is 15.9 Å². The number of halogens is 2. The zero-order chi connectivity index (χ0) is 21.0. The van der Waals surface area contributed by atoms with Crippen molar-refractivity contribution in [2.45, 2.75) is 31.8 Å². The van der Waals surface area contributed by atoms with Gasteiger partial charge in [-0.1, -0.05) is 23.2 Å². The Morgan fingerprint density at radius 3 is 2.41 bits per heavy atom. The van der Waals surface area contributed by atoms with E-state index in [0.717, 1.165) is 29.2 Å². The van der Waals surface area contributed by atoms with Gasteiger partial charge in [-0.3, -0.25) is 9.10 Å². The largest absolute Gasteiger partial charge is 0.490 e. The highest BCUT2D eigenvalue weighted by molar-refractivity contribution is 7.92. The number of nitrogens with zero attached hydrogens (tertiary/aromatic N) is 1. The fourth-order valence-electron chi connectivity index (χ4n) is 3.20. The Balaban J connectivity index is 1.68. The highest BCUT2D eigenvalue weighted by Gasteiger charge is 2.23. The normalized spacial score (nSPS) is 14.6. The van der Waals surface area contributed by atoms with Crippen molar-refractivity contribution in [2.24, 2.45) is 0 Å². The van der Waals surface area contributed by atoms with Crippen molar-refractivity contribution in [2.75, 3.05) is 22.4 Å². The van der Waals surface area contributed by atoms with Gasteiger partial charge in [0.1, 0.15) is 12.3 Å². The molecule has 0 atom stereocenters. The first-order valence-electron chi connectivity index (χ1n) is 9.22. The van der Waals surface area contributed by atoms with Gasteiger partial charge < -0.3 is 10.1 Å². The number of anilines is 2. The molecule has 1 aliphatic carbocycles. The number of nitrogens with one attached hydrogen (secondary N) is 1. The molecule has 2 aromatic rings. The standard InChI is InChI=1S/C20H22Cl2N2O4S/c1-29(26,27)24(19-12-14(21)6-11-18(19)22)13-20(25)23-15-7-9-17(10-8-15)28-16-4-2-3-5-16/h6-12,16H,2-5,13H2,1H3,(H,23,25). The van der Waals surface area contributed by atoms with Gasteiger partial charge in [-0.05, 0) is 68.1 Å². The zero-order valence-electron chi connectivity index (χ0n) is 15.9. The highest BCUT2D eigenvalue weighted by Crippen LogP contribution is 2.30. The number of hydrogen-bond acceptors (Lipinski definition) is 4. The molecule has 1 amide bonds. The molecular formula is C20H22Cl2N2O4S. The molecule has 9 heteroatoms. The van der Waals surface area contributed by atoms with Crippen molar-refractivity contribution in [1.29, 1.82) is 0 Å². The molecule has 1 aliphatic rings. The molecule has 1 saturated carbocycles. The SMILES string of the molecule is CS(=O)(=O)N(CC(=O)Nc1ccc(OC2CCCC2)cc1)c1cc(Cl)ccc1Cl. The molecule has 156 valence electrons. The van der Waals surface area contributed by atoms with Crippen LogP contribution in [0.3, 0.4) is 0 Å². The van der Waals surface area contributed by atoms with Crippen molar-refractivity contribution in [1.82, 2.24) is 0 Å². The van der Waals surface area contributed by atoms with Crippen LogP contribution in [0, 0.1) is 0 Å². The van der Waals surface area contributed by atoms with Crippen LogP contribution in [0.5, 0.6) is 5.75 Å². The van der Waals surface area contributed by atoms with E-state index in [-0.39, 0.29) is 16.8 Å². The summed E-state index contributed by atoms with van der Waals surface area (Å²) in [5.41, 5.74) is 0.691. The average molecular weight is 457 g/mol. The second kappa shape index (κ2) is 9.24. The number of carbonyl (C=O) groups excluding carboxylic acids is 1. The highest BCUT2D eigenvalue weighted by atomic mass is 35.5. The monoisotopic (exact) mass is 456 g/mol. The van der Waals surface area contributed by atoms with E-state index < -0.39 is 22.5 Å². The lowest BCUT2D eigenvalue weighted by molar-refractivity contribution is -0.114. The van der Waals surface area contributed by atoms with Crippen molar-refractivity contribution in [3.05, 3.63) is 52.5 Å². The van der Waals surface area contributed by atoms with Crippen molar-refractivity contribution in [3.8, 4) is 5.75 Å². The van der Waals surface area contributed by atoms with E-state index in [4.69, 9.17) is 27.9 Å². The second-order valence-corrected chi connectivity index (χ2v) is 9.71.